The molecule has 10 rings (SSSR count). The van der Waals surface area contributed by atoms with E-state index < -0.39 is 0 Å². The third kappa shape index (κ3) is 6.51. The van der Waals surface area contributed by atoms with Crippen LogP contribution in [0.5, 0.6) is 0 Å². The van der Waals surface area contributed by atoms with Crippen LogP contribution in [0.25, 0.3) is 84.9 Å². The van der Waals surface area contributed by atoms with Crippen molar-refractivity contribution in [1.82, 2.24) is 14.5 Å². The molecule has 4 heteroatoms. The maximum Gasteiger partial charge on any atom is 0.160 e. The third-order valence-electron chi connectivity index (χ3n) is 12.1. The number of allylic oxidation sites excluding steroid dienone is 9. The minimum absolute atomic E-state index is 0.707. The molecule has 1 aliphatic heterocycles. The molecule has 0 radical (unpaired) electrons. The van der Waals surface area contributed by atoms with Crippen LogP contribution < -0.4 is 5.32 Å². The van der Waals surface area contributed by atoms with Crippen molar-refractivity contribution in [2.75, 3.05) is 5.32 Å². The molecule has 0 atom stereocenters. The predicted molar refractivity (Wildman–Crippen MR) is 251 cm³/mol. The van der Waals surface area contributed by atoms with E-state index in [-0.39, 0.29) is 0 Å². The van der Waals surface area contributed by atoms with Gasteiger partial charge in [-0.1, -0.05) is 104 Å². The molecule has 0 saturated carbocycles. The Bertz CT molecular complexity index is 3010. The van der Waals surface area contributed by atoms with E-state index in [1.54, 1.807) is 0 Å². The van der Waals surface area contributed by atoms with E-state index in [0.29, 0.717) is 5.82 Å². The van der Waals surface area contributed by atoms with Gasteiger partial charge in [-0.25, -0.2) is 9.97 Å². The van der Waals surface area contributed by atoms with Gasteiger partial charge in [-0.05, 0) is 152 Å². The molecule has 286 valence electrons. The van der Waals surface area contributed by atoms with Crippen LogP contribution in [0.4, 0.5) is 5.69 Å². The number of benzene rings is 5. The molecule has 1 N–H and O–H groups in total. The minimum atomic E-state index is 0.707. The second-order valence-electron chi connectivity index (χ2n) is 15.5. The topological polar surface area (TPSA) is 42.7 Å². The summed E-state index contributed by atoms with van der Waals surface area (Å²) in [5.41, 5.74) is 19.7. The molecular formula is C55H46N4. The van der Waals surface area contributed by atoms with Gasteiger partial charge >= 0.3 is 0 Å². The summed E-state index contributed by atoms with van der Waals surface area (Å²) in [4.78, 5) is 10.2. The van der Waals surface area contributed by atoms with E-state index in [9.17, 15) is 0 Å². The van der Waals surface area contributed by atoms with Crippen molar-refractivity contribution >= 4 is 51.3 Å². The standard InChI is InChI=1S/C55H46N4/c1-4-36(5-2)54-46-21-8-7-9-22-50(46)57-55(58-54)39-26-30-43(31-27-39)59-51-32-29-41(35-48(51)53-44-19-13-11-16-37(44)28-33-52(53)59)40-25-24-38-17-10-12-18-42(6-3)56-49-23-15-14-20-45(49)47(38)34-40/h4-6,8-9,11-12,14-16,18,20-35,56H,1,7,10,13,17,19H2,2-3H3/b18-12-,36-5+,42-6-. The Morgan fingerprint density at radius 2 is 1.49 bits per heavy atom. The van der Waals surface area contributed by atoms with Crippen LogP contribution in [0.3, 0.4) is 0 Å². The van der Waals surface area contributed by atoms with Crippen molar-refractivity contribution < 1.29 is 0 Å². The predicted octanol–water partition coefficient (Wildman–Crippen LogP) is 14.4. The summed E-state index contributed by atoms with van der Waals surface area (Å²) in [6, 6.07) is 36.2. The van der Waals surface area contributed by atoms with Gasteiger partial charge in [-0.3, -0.25) is 0 Å². The van der Waals surface area contributed by atoms with Gasteiger partial charge in [0.2, 0.25) is 0 Å². The van der Waals surface area contributed by atoms with Crippen LogP contribution in [0.2, 0.25) is 0 Å². The molecule has 0 spiro atoms. The van der Waals surface area contributed by atoms with Gasteiger partial charge in [0.15, 0.2) is 5.82 Å². The highest BCUT2D eigenvalue weighted by atomic mass is 15.0. The number of nitrogens with zero attached hydrogens (tertiary/aromatic N) is 3. The Labute approximate surface area is 346 Å². The van der Waals surface area contributed by atoms with Gasteiger partial charge in [0.25, 0.3) is 0 Å². The van der Waals surface area contributed by atoms with E-state index in [0.717, 1.165) is 77.3 Å². The van der Waals surface area contributed by atoms with E-state index in [1.807, 2.05) is 13.0 Å². The summed E-state index contributed by atoms with van der Waals surface area (Å²) in [5, 5.41) is 6.32. The van der Waals surface area contributed by atoms with Gasteiger partial charge < -0.3 is 9.88 Å². The van der Waals surface area contributed by atoms with E-state index in [4.69, 9.17) is 9.97 Å². The second kappa shape index (κ2) is 15.4. The molecule has 4 nitrogen and oxygen atoms in total. The second-order valence-corrected chi connectivity index (χ2v) is 15.5. The largest absolute Gasteiger partial charge is 0.355 e. The Balaban J connectivity index is 1.11. The summed E-state index contributed by atoms with van der Waals surface area (Å²) in [5.74, 6) is 0.707. The number of hydrogen-bond donors (Lipinski definition) is 1. The van der Waals surface area contributed by atoms with Crippen LogP contribution in [-0.4, -0.2) is 14.5 Å². The number of fused-ring (bicyclic) bond motifs is 9. The Morgan fingerprint density at radius 1 is 0.712 bits per heavy atom. The molecular weight excluding hydrogens is 717 g/mol. The minimum Gasteiger partial charge on any atom is -0.355 e. The summed E-state index contributed by atoms with van der Waals surface area (Å²) >= 11 is 0. The zero-order chi connectivity index (χ0) is 39.9. The smallest absolute Gasteiger partial charge is 0.160 e. The first-order valence-electron chi connectivity index (χ1n) is 20.9. The highest BCUT2D eigenvalue weighted by Crippen LogP contribution is 2.42. The molecule has 0 unspecified atom stereocenters. The quantitative estimate of drug-likeness (QED) is 0.178. The normalized spacial score (nSPS) is 15.9. The molecule has 5 aromatic carbocycles. The van der Waals surface area contributed by atoms with Crippen LogP contribution in [0, 0.1) is 0 Å². The average Bonchev–Trinajstić information content (AvgIpc) is 3.42. The monoisotopic (exact) mass is 762 g/mol. The first-order valence-corrected chi connectivity index (χ1v) is 20.9. The zero-order valence-corrected chi connectivity index (χ0v) is 33.7. The number of aromatic nitrogens is 3. The maximum absolute atomic E-state index is 5.13. The van der Waals surface area contributed by atoms with Crippen LogP contribution in [-0.2, 0) is 12.8 Å². The molecule has 2 aromatic heterocycles. The van der Waals surface area contributed by atoms with Crippen molar-refractivity contribution in [2.45, 2.75) is 46.0 Å². The lowest BCUT2D eigenvalue weighted by Gasteiger charge is -2.18. The molecule has 2 aliphatic carbocycles. The van der Waals surface area contributed by atoms with Gasteiger partial charge in [0.05, 0.1) is 22.4 Å². The van der Waals surface area contributed by atoms with Gasteiger partial charge in [-0.15, -0.1) is 0 Å². The number of nitrogens with one attached hydrogen (secondary N) is 1. The SMILES string of the molecule is C=C/C(=C\C)c1nc(-c2ccc(-n3c4ccc(-c5ccc6c(c5)-c5ccccc5NC(=C\C)/C=C\CC6)cc4c4c5c(ccc43)C=CCC5)cc2)nc2c1C=CCC=C2. The summed E-state index contributed by atoms with van der Waals surface area (Å²) in [6.07, 6.45) is 28.6. The molecule has 0 saturated heterocycles. The lowest BCUT2D eigenvalue weighted by Crippen LogP contribution is -2.02. The molecule has 59 heavy (non-hydrogen) atoms. The van der Waals surface area contributed by atoms with Crippen molar-refractivity contribution in [2.24, 2.45) is 0 Å². The molecule has 7 aromatic rings. The van der Waals surface area contributed by atoms with Crippen molar-refractivity contribution in [1.29, 1.82) is 0 Å². The van der Waals surface area contributed by atoms with Crippen molar-refractivity contribution in [3.05, 3.63) is 192 Å². The number of hydrogen-bond acceptors (Lipinski definition) is 3. The lowest BCUT2D eigenvalue weighted by molar-refractivity contribution is 0.997. The first kappa shape index (κ1) is 36.3. The highest BCUT2D eigenvalue weighted by molar-refractivity contribution is 6.13. The van der Waals surface area contributed by atoms with Crippen LogP contribution in [0.1, 0.15) is 66.8 Å². The Kier molecular flexibility index (Phi) is 9.46. The Morgan fingerprint density at radius 3 is 2.36 bits per heavy atom. The van der Waals surface area contributed by atoms with Crippen LogP contribution >= 0.6 is 0 Å². The van der Waals surface area contributed by atoms with E-state index >= 15 is 0 Å². The summed E-state index contributed by atoms with van der Waals surface area (Å²) < 4.78 is 2.44. The fourth-order valence-corrected chi connectivity index (χ4v) is 9.07. The Hall–Kier alpha value is -7.04. The summed E-state index contributed by atoms with van der Waals surface area (Å²) in [7, 11) is 0. The molecule has 0 bridgehead atoms. The first-order chi connectivity index (χ1) is 29.1. The van der Waals surface area contributed by atoms with E-state index in [1.165, 1.54) is 60.8 Å². The highest BCUT2D eigenvalue weighted by Gasteiger charge is 2.21. The van der Waals surface area contributed by atoms with Gasteiger partial charge in [0, 0.05) is 44.5 Å². The molecule has 0 fully saturated rings. The number of para-hydroxylation sites is 1. The number of rotatable bonds is 5. The third-order valence-corrected chi connectivity index (χ3v) is 12.1. The molecule has 0 amide bonds. The van der Waals surface area contributed by atoms with Crippen molar-refractivity contribution in [3.63, 3.8) is 0 Å². The lowest BCUT2D eigenvalue weighted by atomic mass is 9.90. The fourth-order valence-electron chi connectivity index (χ4n) is 9.07. The van der Waals surface area contributed by atoms with Crippen molar-refractivity contribution in [3.8, 4) is 39.3 Å². The molecule has 3 heterocycles. The van der Waals surface area contributed by atoms with Gasteiger partial charge in [-0.2, -0.15) is 0 Å². The van der Waals surface area contributed by atoms with Gasteiger partial charge in [0.1, 0.15) is 0 Å². The maximum atomic E-state index is 5.13. The molecule has 3 aliphatic rings. The fraction of sp³-hybridized carbons (Fsp3) is 0.127. The number of aryl methyl sites for hydroxylation is 2. The zero-order valence-electron chi connectivity index (χ0n) is 33.7. The summed E-state index contributed by atoms with van der Waals surface area (Å²) in [6.45, 7) is 8.20. The van der Waals surface area contributed by atoms with E-state index in [2.05, 4.69) is 181 Å². The average molecular weight is 763 g/mol. The number of anilines is 1. The van der Waals surface area contributed by atoms with Crippen LogP contribution in [0.15, 0.2) is 158 Å².